The second-order valence-electron chi connectivity index (χ2n) is 20.1. The highest BCUT2D eigenvalue weighted by atomic mass is 16.6. The third-order valence-corrected chi connectivity index (χ3v) is 12.8. The number of nitrogens with zero attached hydrogens (tertiary/aromatic N) is 1. The summed E-state index contributed by atoms with van der Waals surface area (Å²) in [5, 5.41) is 5.54. The molecule has 0 aromatic carbocycles. The lowest BCUT2D eigenvalue weighted by Gasteiger charge is -2.53. The van der Waals surface area contributed by atoms with Crippen LogP contribution in [0, 0.1) is 47.3 Å². The van der Waals surface area contributed by atoms with E-state index in [1.165, 1.54) is 51.4 Å². The Labute approximate surface area is 339 Å². The van der Waals surface area contributed by atoms with Crippen LogP contribution in [0.2, 0.25) is 0 Å². The molecule has 0 aromatic heterocycles. The van der Waals surface area contributed by atoms with Crippen molar-refractivity contribution >= 4 is 24.1 Å². The first kappa shape index (κ1) is 45.9. The van der Waals surface area contributed by atoms with Crippen molar-refractivity contribution in [1.82, 2.24) is 15.5 Å². The van der Waals surface area contributed by atoms with Crippen molar-refractivity contribution in [2.45, 2.75) is 182 Å². The largest absolute Gasteiger partial charge is 0.462 e. The zero-order valence-corrected chi connectivity index (χ0v) is 36.7. The number of hydrogen-bond donors (Lipinski definition) is 2. The van der Waals surface area contributed by atoms with Gasteiger partial charge in [-0.25, -0.2) is 9.59 Å². The van der Waals surface area contributed by atoms with Gasteiger partial charge < -0.3 is 29.7 Å². The minimum absolute atomic E-state index is 0.0495. The fourth-order valence-electron chi connectivity index (χ4n) is 10.4. The quantitative estimate of drug-likeness (QED) is 0.0614. The van der Waals surface area contributed by atoms with Gasteiger partial charge in [0.15, 0.2) is 0 Å². The SMILES string of the molecule is CC(C)CCC[C@@H](C)C1C=C2CC(OC(=O)CCC(=O)N(CCCCNC(=O)OC(C)(C)C)CCCNC(=O)OC(C)(C)C)CCC2C2CCC3CCCC3C21. The highest BCUT2D eigenvalue weighted by Crippen LogP contribution is 2.59. The number of alkyl carbamates (subject to hydrolysis) is 2. The Hall–Kier alpha value is -2.78. The predicted octanol–water partition coefficient (Wildman–Crippen LogP) is 9.99. The third kappa shape index (κ3) is 14.9. The van der Waals surface area contributed by atoms with Crippen LogP contribution >= 0.6 is 0 Å². The van der Waals surface area contributed by atoms with E-state index in [4.69, 9.17) is 14.2 Å². The Morgan fingerprint density at radius 2 is 1.41 bits per heavy atom. The molecule has 0 saturated heterocycles. The van der Waals surface area contributed by atoms with Crippen molar-refractivity contribution in [3.63, 3.8) is 0 Å². The monoisotopic (exact) mass is 786 g/mol. The highest BCUT2D eigenvalue weighted by molar-refractivity contribution is 5.81. The first-order valence-corrected chi connectivity index (χ1v) is 22.5. The Bertz CT molecular complexity index is 1320. The molecule has 3 saturated carbocycles. The number of amides is 3. The molecular weight excluding hydrogens is 707 g/mol. The van der Waals surface area contributed by atoms with Gasteiger partial charge in [0.1, 0.15) is 17.3 Å². The fraction of sp³-hybridized carbons (Fsp3) is 0.870. The summed E-state index contributed by atoms with van der Waals surface area (Å²) in [5.74, 6) is 5.72. The van der Waals surface area contributed by atoms with E-state index < -0.39 is 23.4 Å². The van der Waals surface area contributed by atoms with Gasteiger partial charge in [0.05, 0.1) is 6.42 Å². The molecule has 4 aliphatic carbocycles. The van der Waals surface area contributed by atoms with Gasteiger partial charge in [-0.3, -0.25) is 9.59 Å². The van der Waals surface area contributed by atoms with Crippen LogP contribution in [0.15, 0.2) is 11.6 Å². The summed E-state index contributed by atoms with van der Waals surface area (Å²) in [6, 6.07) is 0. The number of rotatable bonds is 18. The molecular formula is C46H79N3O7. The third-order valence-electron chi connectivity index (χ3n) is 12.8. The topological polar surface area (TPSA) is 123 Å². The van der Waals surface area contributed by atoms with Gasteiger partial charge in [-0.05, 0) is 140 Å². The van der Waals surface area contributed by atoms with Gasteiger partial charge in [-0.15, -0.1) is 0 Å². The summed E-state index contributed by atoms with van der Waals surface area (Å²) in [5.41, 5.74) is 0.392. The van der Waals surface area contributed by atoms with E-state index in [9.17, 15) is 19.2 Å². The lowest BCUT2D eigenvalue weighted by atomic mass is 9.52. The highest BCUT2D eigenvalue weighted by Gasteiger charge is 2.51. The normalized spacial score (nSPS) is 26.5. The summed E-state index contributed by atoms with van der Waals surface area (Å²) in [6.45, 7) is 19.8. The summed E-state index contributed by atoms with van der Waals surface area (Å²) < 4.78 is 16.8. The van der Waals surface area contributed by atoms with Crippen molar-refractivity contribution in [2.75, 3.05) is 26.2 Å². The van der Waals surface area contributed by atoms with Gasteiger partial charge in [-0.2, -0.15) is 0 Å². The number of allylic oxidation sites excluding steroid dienone is 1. The molecule has 0 aromatic rings. The number of hydrogen-bond acceptors (Lipinski definition) is 7. The molecule has 10 nitrogen and oxygen atoms in total. The minimum atomic E-state index is -0.591. The maximum atomic E-state index is 13.5. The smallest absolute Gasteiger partial charge is 0.407 e. The van der Waals surface area contributed by atoms with E-state index in [1.807, 2.05) is 41.5 Å². The molecule has 4 rings (SSSR count). The summed E-state index contributed by atoms with van der Waals surface area (Å²) >= 11 is 0. The zero-order valence-electron chi connectivity index (χ0n) is 36.7. The molecule has 0 heterocycles. The van der Waals surface area contributed by atoms with E-state index in [-0.39, 0.29) is 30.8 Å². The molecule has 2 N–H and O–H groups in total. The van der Waals surface area contributed by atoms with Crippen LogP contribution in [0.5, 0.6) is 0 Å². The summed E-state index contributed by atoms with van der Waals surface area (Å²) in [4.78, 5) is 52.7. The second-order valence-corrected chi connectivity index (χ2v) is 20.1. The lowest BCUT2D eigenvalue weighted by Crippen LogP contribution is -2.46. The molecule has 320 valence electrons. The van der Waals surface area contributed by atoms with Crippen LogP contribution < -0.4 is 10.6 Å². The molecule has 0 bridgehead atoms. The summed E-state index contributed by atoms with van der Waals surface area (Å²) in [7, 11) is 0. The Kier molecular flexibility index (Phi) is 17.5. The predicted molar refractivity (Wildman–Crippen MR) is 222 cm³/mol. The van der Waals surface area contributed by atoms with Crippen LogP contribution in [0.1, 0.15) is 165 Å². The van der Waals surface area contributed by atoms with E-state index in [0.29, 0.717) is 63.2 Å². The maximum Gasteiger partial charge on any atom is 0.407 e. The van der Waals surface area contributed by atoms with Gasteiger partial charge >= 0.3 is 18.2 Å². The number of carbonyl (C=O) groups excluding carboxylic acids is 4. The number of unbranched alkanes of at least 4 members (excludes halogenated alkanes) is 1. The molecule has 56 heavy (non-hydrogen) atoms. The molecule has 3 amide bonds. The van der Waals surface area contributed by atoms with E-state index >= 15 is 0 Å². The molecule has 0 radical (unpaired) electrons. The fourth-order valence-corrected chi connectivity index (χ4v) is 10.4. The lowest BCUT2D eigenvalue weighted by molar-refractivity contribution is -0.152. The van der Waals surface area contributed by atoms with Crippen molar-refractivity contribution in [1.29, 1.82) is 0 Å². The molecule has 10 heteroatoms. The molecule has 7 unspecified atom stereocenters. The Morgan fingerprint density at radius 3 is 2.07 bits per heavy atom. The van der Waals surface area contributed by atoms with Gasteiger partial charge in [0.25, 0.3) is 0 Å². The molecule has 3 fully saturated rings. The average molecular weight is 786 g/mol. The first-order valence-electron chi connectivity index (χ1n) is 22.5. The molecule has 0 aliphatic heterocycles. The standard InChI is InChI=1S/C46H79N3O7/c1-31(2)15-12-16-32(3)39-30-34-29-35(20-22-36(34)38-21-19-33-17-13-18-37(33)42(38)39)54-41(51)24-23-40(50)49(28-14-26-48-44(53)56-46(7,8)9)27-11-10-25-47-43(52)55-45(4,5)6/h30-33,35-39,42H,10-29H2,1-9H3,(H,47,52)(H,48,53)/t32-,33?,35?,36?,37?,38?,39?,42?/m1/s1. The number of fused-ring (bicyclic) bond motifs is 5. The van der Waals surface area contributed by atoms with Crippen LogP contribution in [0.4, 0.5) is 9.59 Å². The number of nitrogens with one attached hydrogen (secondary N) is 2. The van der Waals surface area contributed by atoms with E-state index in [1.54, 1.807) is 10.5 Å². The van der Waals surface area contributed by atoms with E-state index in [0.717, 1.165) is 48.9 Å². The van der Waals surface area contributed by atoms with Gasteiger partial charge in [-0.1, -0.05) is 64.5 Å². The number of ether oxygens (including phenoxy) is 3. The van der Waals surface area contributed by atoms with Crippen molar-refractivity contribution in [3.05, 3.63) is 11.6 Å². The summed E-state index contributed by atoms with van der Waals surface area (Å²) in [6.07, 6.45) is 17.4. The van der Waals surface area contributed by atoms with E-state index in [2.05, 4.69) is 37.5 Å². The van der Waals surface area contributed by atoms with Gasteiger partial charge in [0.2, 0.25) is 5.91 Å². The second kappa shape index (κ2) is 21.3. The first-order chi connectivity index (χ1) is 26.4. The molecule has 4 aliphatic rings. The van der Waals surface area contributed by atoms with Gasteiger partial charge in [0, 0.05) is 39.0 Å². The zero-order chi connectivity index (χ0) is 41.0. The van der Waals surface area contributed by atoms with Crippen LogP contribution in [-0.2, 0) is 23.8 Å². The molecule has 8 atom stereocenters. The van der Waals surface area contributed by atoms with Crippen molar-refractivity contribution in [2.24, 2.45) is 47.3 Å². The maximum absolute atomic E-state index is 13.5. The molecule has 0 spiro atoms. The minimum Gasteiger partial charge on any atom is -0.462 e. The number of esters is 1. The number of carbonyl (C=O) groups is 4. The van der Waals surface area contributed by atoms with Crippen LogP contribution in [-0.4, -0.2) is 72.4 Å². The van der Waals surface area contributed by atoms with Crippen LogP contribution in [0.25, 0.3) is 0 Å². The van der Waals surface area contributed by atoms with Crippen molar-refractivity contribution in [3.8, 4) is 0 Å². The Balaban J connectivity index is 1.30. The Morgan fingerprint density at radius 1 is 0.750 bits per heavy atom. The van der Waals surface area contributed by atoms with Crippen LogP contribution in [0.3, 0.4) is 0 Å². The average Bonchev–Trinajstić information content (AvgIpc) is 3.58. The van der Waals surface area contributed by atoms with Crippen molar-refractivity contribution < 1.29 is 33.4 Å².